The average Bonchev–Trinajstić information content (AvgIpc) is 2.82. The molecule has 3 N–H and O–H groups in total. The molecule has 1 aliphatic rings. The average molecular weight is 266 g/mol. The third-order valence-electron chi connectivity index (χ3n) is 3.55. The molecule has 0 aliphatic heterocycles. The molecule has 5 heteroatoms. The van der Waals surface area contributed by atoms with Gasteiger partial charge in [-0.2, -0.15) is 0 Å². The van der Waals surface area contributed by atoms with Crippen molar-refractivity contribution in [2.24, 2.45) is 11.7 Å². The summed E-state index contributed by atoms with van der Waals surface area (Å²) < 4.78 is 18.1. The number of amides is 1. The molecule has 1 aromatic carbocycles. The molecule has 1 fully saturated rings. The first-order valence-electron chi connectivity index (χ1n) is 6.47. The van der Waals surface area contributed by atoms with E-state index in [1.807, 2.05) is 0 Å². The third-order valence-corrected chi connectivity index (χ3v) is 3.55. The van der Waals surface area contributed by atoms with E-state index in [4.69, 9.17) is 10.5 Å². The molecule has 2 atom stereocenters. The van der Waals surface area contributed by atoms with E-state index >= 15 is 0 Å². The predicted octanol–water partition coefficient (Wildman–Crippen LogP) is 1.69. The highest BCUT2D eigenvalue weighted by Crippen LogP contribution is 2.23. The summed E-state index contributed by atoms with van der Waals surface area (Å²) in [5, 5.41) is 2.86. The summed E-state index contributed by atoms with van der Waals surface area (Å²) >= 11 is 0. The van der Waals surface area contributed by atoms with E-state index < -0.39 is 5.82 Å². The summed E-state index contributed by atoms with van der Waals surface area (Å²) in [5.74, 6) is -0.156. The molecular formula is C14H19FN2O2. The van der Waals surface area contributed by atoms with Crippen molar-refractivity contribution in [3.8, 4) is 5.75 Å². The Morgan fingerprint density at radius 1 is 1.53 bits per heavy atom. The number of methoxy groups -OCH3 is 1. The third kappa shape index (κ3) is 3.44. The van der Waals surface area contributed by atoms with Gasteiger partial charge in [0.05, 0.1) is 7.11 Å². The van der Waals surface area contributed by atoms with Crippen molar-refractivity contribution in [2.75, 3.05) is 13.7 Å². The smallest absolute Gasteiger partial charge is 0.251 e. The van der Waals surface area contributed by atoms with Crippen molar-refractivity contribution >= 4 is 5.91 Å². The van der Waals surface area contributed by atoms with E-state index in [1.165, 1.54) is 25.3 Å². The lowest BCUT2D eigenvalue weighted by Gasteiger charge is -2.11. The minimum atomic E-state index is -0.471. The maximum Gasteiger partial charge on any atom is 0.251 e. The minimum Gasteiger partial charge on any atom is -0.494 e. The number of halogens is 1. The SMILES string of the molecule is COc1cc(C(=O)NCC2CCC(N)C2)ccc1F. The van der Waals surface area contributed by atoms with Crippen LogP contribution in [0.5, 0.6) is 5.75 Å². The Kier molecular flexibility index (Phi) is 4.37. The molecule has 2 rings (SSSR count). The fourth-order valence-electron chi connectivity index (χ4n) is 2.44. The van der Waals surface area contributed by atoms with E-state index in [-0.39, 0.29) is 17.7 Å². The highest BCUT2D eigenvalue weighted by Gasteiger charge is 2.22. The molecular weight excluding hydrogens is 247 g/mol. The first-order chi connectivity index (χ1) is 9.10. The van der Waals surface area contributed by atoms with Gasteiger partial charge in [0.15, 0.2) is 11.6 Å². The van der Waals surface area contributed by atoms with Gasteiger partial charge in [0.2, 0.25) is 0 Å². The van der Waals surface area contributed by atoms with Gasteiger partial charge in [-0.05, 0) is 43.4 Å². The van der Waals surface area contributed by atoms with Crippen molar-refractivity contribution in [2.45, 2.75) is 25.3 Å². The van der Waals surface area contributed by atoms with Gasteiger partial charge in [0.25, 0.3) is 5.91 Å². The summed E-state index contributed by atoms with van der Waals surface area (Å²) in [5.41, 5.74) is 6.23. The molecule has 0 spiro atoms. The molecule has 0 aromatic heterocycles. The Hall–Kier alpha value is -1.62. The monoisotopic (exact) mass is 266 g/mol. The molecule has 0 bridgehead atoms. The standard InChI is InChI=1S/C14H19FN2O2/c1-19-13-7-10(3-5-12(13)15)14(18)17-8-9-2-4-11(16)6-9/h3,5,7,9,11H,2,4,6,8,16H2,1H3,(H,17,18). The van der Waals surface area contributed by atoms with Gasteiger partial charge in [-0.25, -0.2) is 4.39 Å². The van der Waals surface area contributed by atoms with Crippen LogP contribution >= 0.6 is 0 Å². The van der Waals surface area contributed by atoms with Gasteiger partial charge < -0.3 is 15.8 Å². The molecule has 1 aromatic rings. The van der Waals surface area contributed by atoms with Crippen molar-refractivity contribution in [1.29, 1.82) is 0 Å². The molecule has 0 saturated heterocycles. The van der Waals surface area contributed by atoms with Gasteiger partial charge in [-0.15, -0.1) is 0 Å². The fourth-order valence-corrected chi connectivity index (χ4v) is 2.44. The first-order valence-corrected chi connectivity index (χ1v) is 6.47. The lowest BCUT2D eigenvalue weighted by Crippen LogP contribution is -2.29. The number of nitrogens with one attached hydrogen (secondary N) is 1. The summed E-state index contributed by atoms with van der Waals surface area (Å²) in [7, 11) is 1.38. The molecule has 0 radical (unpaired) electrons. The molecule has 1 saturated carbocycles. The van der Waals surface area contributed by atoms with Crippen LogP contribution in [0.2, 0.25) is 0 Å². The quantitative estimate of drug-likeness (QED) is 0.871. The number of carbonyl (C=O) groups excluding carboxylic acids is 1. The maximum absolute atomic E-state index is 13.2. The number of ether oxygens (including phenoxy) is 1. The van der Waals surface area contributed by atoms with Gasteiger partial charge in [0, 0.05) is 18.2 Å². The number of nitrogens with two attached hydrogens (primary N) is 1. The zero-order valence-electron chi connectivity index (χ0n) is 11.0. The second-order valence-corrected chi connectivity index (χ2v) is 5.00. The molecule has 19 heavy (non-hydrogen) atoms. The minimum absolute atomic E-state index is 0.0792. The van der Waals surface area contributed by atoms with Crippen molar-refractivity contribution < 1.29 is 13.9 Å². The topological polar surface area (TPSA) is 64.3 Å². The second-order valence-electron chi connectivity index (χ2n) is 5.00. The van der Waals surface area contributed by atoms with E-state index in [1.54, 1.807) is 0 Å². The van der Waals surface area contributed by atoms with Crippen LogP contribution in [-0.2, 0) is 0 Å². The normalized spacial score (nSPS) is 22.3. The summed E-state index contributed by atoms with van der Waals surface area (Å²) in [6, 6.07) is 4.35. The Morgan fingerprint density at radius 3 is 2.95 bits per heavy atom. The molecule has 1 aliphatic carbocycles. The van der Waals surface area contributed by atoms with Gasteiger partial charge in [-0.1, -0.05) is 0 Å². The van der Waals surface area contributed by atoms with E-state index in [9.17, 15) is 9.18 Å². The second kappa shape index (κ2) is 6.02. The highest BCUT2D eigenvalue weighted by atomic mass is 19.1. The zero-order valence-corrected chi connectivity index (χ0v) is 11.0. The Labute approximate surface area is 112 Å². The first kappa shape index (κ1) is 13.8. The molecule has 2 unspecified atom stereocenters. The van der Waals surface area contributed by atoms with Gasteiger partial charge in [-0.3, -0.25) is 4.79 Å². The van der Waals surface area contributed by atoms with Crippen LogP contribution in [0.3, 0.4) is 0 Å². The van der Waals surface area contributed by atoms with Crippen molar-refractivity contribution in [3.63, 3.8) is 0 Å². The zero-order chi connectivity index (χ0) is 13.8. The van der Waals surface area contributed by atoms with Crippen LogP contribution in [0.1, 0.15) is 29.6 Å². The Bertz CT molecular complexity index is 465. The molecule has 4 nitrogen and oxygen atoms in total. The lowest BCUT2D eigenvalue weighted by molar-refractivity contribution is 0.0947. The summed E-state index contributed by atoms with van der Waals surface area (Å²) in [6.07, 6.45) is 3.02. The highest BCUT2D eigenvalue weighted by molar-refractivity contribution is 5.94. The molecule has 104 valence electrons. The van der Waals surface area contributed by atoms with Crippen molar-refractivity contribution in [1.82, 2.24) is 5.32 Å². The van der Waals surface area contributed by atoms with Crippen LogP contribution in [0.25, 0.3) is 0 Å². The summed E-state index contributed by atoms with van der Waals surface area (Å²) in [4.78, 5) is 11.9. The number of hydrogen-bond acceptors (Lipinski definition) is 3. The molecule has 0 heterocycles. The van der Waals surface area contributed by atoms with Crippen LogP contribution in [0.4, 0.5) is 4.39 Å². The van der Waals surface area contributed by atoms with E-state index in [0.29, 0.717) is 18.0 Å². The predicted molar refractivity (Wildman–Crippen MR) is 70.6 cm³/mol. The lowest BCUT2D eigenvalue weighted by atomic mass is 10.1. The van der Waals surface area contributed by atoms with E-state index in [2.05, 4.69) is 5.32 Å². The number of rotatable bonds is 4. The van der Waals surface area contributed by atoms with Gasteiger partial charge in [0.1, 0.15) is 0 Å². The fraction of sp³-hybridized carbons (Fsp3) is 0.500. The van der Waals surface area contributed by atoms with Crippen LogP contribution in [0, 0.1) is 11.7 Å². The number of carbonyl (C=O) groups is 1. The van der Waals surface area contributed by atoms with Crippen LogP contribution in [-0.4, -0.2) is 25.6 Å². The van der Waals surface area contributed by atoms with Crippen LogP contribution < -0.4 is 15.8 Å². The number of benzene rings is 1. The summed E-state index contributed by atoms with van der Waals surface area (Å²) in [6.45, 7) is 0.617. The van der Waals surface area contributed by atoms with Crippen LogP contribution in [0.15, 0.2) is 18.2 Å². The Balaban J connectivity index is 1.92. The Morgan fingerprint density at radius 2 is 2.32 bits per heavy atom. The van der Waals surface area contributed by atoms with Gasteiger partial charge >= 0.3 is 0 Å². The maximum atomic E-state index is 13.2. The largest absolute Gasteiger partial charge is 0.494 e. The van der Waals surface area contributed by atoms with Crippen molar-refractivity contribution in [3.05, 3.63) is 29.6 Å². The molecule has 1 amide bonds. The van der Waals surface area contributed by atoms with E-state index in [0.717, 1.165) is 19.3 Å². The number of hydrogen-bond donors (Lipinski definition) is 2.